The van der Waals surface area contributed by atoms with E-state index in [4.69, 9.17) is 57.1 Å². The van der Waals surface area contributed by atoms with Gasteiger partial charge in [0.05, 0.1) is 24.8 Å². The maximum atomic E-state index is 11.2. The van der Waals surface area contributed by atoms with Crippen molar-refractivity contribution in [2.75, 3.05) is 26.7 Å². The molecule has 0 amide bonds. The molecule has 3 saturated heterocycles. The summed E-state index contributed by atoms with van der Waals surface area (Å²) in [4.78, 5) is 0. The van der Waals surface area contributed by atoms with Crippen molar-refractivity contribution in [3.05, 3.63) is 0 Å². The SMILES string of the molecule is CN[C@@H]1C[C@H](N)[C@@H](O[C@H]2O[C@H](CN)[C@@H](O)[C@H](O)[C@H]2N)[C@H](O[C@@H]2O[C@H](CO)[C@@H](O[C@H]3O[C@@H](CN)[C@@H](O)[C@H](O)[C@H]3N)[C@H]2O)[C@H]1O. The van der Waals surface area contributed by atoms with Crippen molar-refractivity contribution in [2.24, 2.45) is 28.7 Å². The quantitative estimate of drug-likeness (QED) is 0.107. The number of aliphatic hydroxyl groups is 7. The highest BCUT2D eigenvalue weighted by molar-refractivity contribution is 5.02. The molecule has 0 aromatic heterocycles. The summed E-state index contributed by atoms with van der Waals surface area (Å²) in [5, 5.41) is 76.4. The standard InChI is InChI=1S/C24H48N6O13/c1-30-7-2-6(27)19(41-22-11(28)16(35)14(33)8(3-25)38-22)21(13(7)32)43-24-18(37)20(10(5-31)40-24)42-23-12(29)17(36)15(34)9(4-26)39-23/h6-24,30-37H,2-5,25-29H2,1H3/t6-,7+,8+,9-,10+,11+,12+,13-,14+,15+,16+,17+,18+,19+,20+,21+,22+,23+,24-/m0/s1. The van der Waals surface area contributed by atoms with Crippen molar-refractivity contribution in [3.8, 4) is 0 Å². The second-order valence-electron chi connectivity index (χ2n) is 11.5. The normalized spacial score (nSPS) is 52.8. The van der Waals surface area contributed by atoms with Gasteiger partial charge in [-0.2, -0.15) is 0 Å². The molecule has 3 aliphatic heterocycles. The molecule has 4 aliphatic rings. The van der Waals surface area contributed by atoms with Crippen LogP contribution in [0.3, 0.4) is 0 Å². The van der Waals surface area contributed by atoms with Crippen molar-refractivity contribution in [3.63, 3.8) is 0 Å². The topological polar surface area (TPSA) is 339 Å². The Bertz CT molecular complexity index is 884. The Balaban J connectivity index is 1.52. The van der Waals surface area contributed by atoms with Crippen LogP contribution in [0.1, 0.15) is 6.42 Å². The van der Waals surface area contributed by atoms with E-state index >= 15 is 0 Å². The van der Waals surface area contributed by atoms with Crippen LogP contribution in [0, 0.1) is 0 Å². The molecule has 19 nitrogen and oxygen atoms in total. The predicted molar refractivity (Wildman–Crippen MR) is 143 cm³/mol. The molecule has 43 heavy (non-hydrogen) atoms. The van der Waals surface area contributed by atoms with Gasteiger partial charge in [-0.15, -0.1) is 0 Å². The van der Waals surface area contributed by atoms with Gasteiger partial charge in [0, 0.05) is 25.2 Å². The Morgan fingerprint density at radius 3 is 1.56 bits per heavy atom. The largest absolute Gasteiger partial charge is 0.394 e. The molecular formula is C24H48N6O13. The van der Waals surface area contributed by atoms with Crippen molar-refractivity contribution in [2.45, 2.75) is 123 Å². The molecular weight excluding hydrogens is 580 g/mol. The zero-order valence-corrected chi connectivity index (χ0v) is 23.8. The van der Waals surface area contributed by atoms with Gasteiger partial charge in [-0.1, -0.05) is 0 Å². The number of likely N-dealkylation sites (N-methyl/N-ethyl adjacent to an activating group) is 1. The van der Waals surface area contributed by atoms with Crippen molar-refractivity contribution < 1.29 is 64.2 Å². The van der Waals surface area contributed by atoms with Gasteiger partial charge in [0.15, 0.2) is 18.9 Å². The number of aliphatic hydroxyl groups excluding tert-OH is 7. The van der Waals surface area contributed by atoms with Crippen LogP contribution in [0.4, 0.5) is 0 Å². The van der Waals surface area contributed by atoms with Gasteiger partial charge >= 0.3 is 0 Å². The minimum Gasteiger partial charge on any atom is -0.394 e. The summed E-state index contributed by atoms with van der Waals surface area (Å²) in [5.41, 5.74) is 29.8. The van der Waals surface area contributed by atoms with Crippen molar-refractivity contribution in [1.29, 1.82) is 0 Å². The van der Waals surface area contributed by atoms with Gasteiger partial charge in [-0.3, -0.25) is 0 Å². The summed E-state index contributed by atoms with van der Waals surface area (Å²) in [7, 11) is 1.61. The zero-order valence-electron chi connectivity index (χ0n) is 23.8. The van der Waals surface area contributed by atoms with Gasteiger partial charge in [-0.05, 0) is 13.5 Å². The third kappa shape index (κ3) is 7.00. The van der Waals surface area contributed by atoms with Gasteiger partial charge in [0.2, 0.25) is 0 Å². The number of nitrogens with one attached hydrogen (secondary N) is 1. The first kappa shape index (κ1) is 35.1. The molecule has 18 N–H and O–H groups in total. The molecule has 0 spiro atoms. The van der Waals surface area contributed by atoms with E-state index in [9.17, 15) is 35.7 Å². The molecule has 0 unspecified atom stereocenters. The first-order chi connectivity index (χ1) is 20.4. The first-order valence-corrected chi connectivity index (χ1v) is 14.3. The zero-order chi connectivity index (χ0) is 31.7. The molecule has 1 saturated carbocycles. The molecule has 1 aliphatic carbocycles. The average molecular weight is 629 g/mol. The third-order valence-corrected chi connectivity index (χ3v) is 8.70. The van der Waals surface area contributed by atoms with Crippen LogP contribution in [0.2, 0.25) is 0 Å². The first-order valence-electron chi connectivity index (χ1n) is 14.3. The van der Waals surface area contributed by atoms with E-state index in [0.717, 1.165) is 0 Å². The number of rotatable bonds is 10. The molecule has 4 fully saturated rings. The molecule has 0 aromatic carbocycles. The Labute approximate surface area is 248 Å². The highest BCUT2D eigenvalue weighted by Gasteiger charge is 2.54. The molecule has 3 heterocycles. The van der Waals surface area contributed by atoms with Gasteiger partial charge in [-0.25, -0.2) is 0 Å². The Kier molecular flexibility index (Phi) is 12.1. The van der Waals surface area contributed by atoms with Crippen molar-refractivity contribution in [1.82, 2.24) is 5.32 Å². The maximum absolute atomic E-state index is 11.2. The van der Waals surface area contributed by atoms with Gasteiger partial charge < -0.3 is 98.2 Å². The summed E-state index contributed by atoms with van der Waals surface area (Å²) in [6, 6.07) is -3.79. The van der Waals surface area contributed by atoms with Crippen LogP contribution < -0.4 is 34.0 Å². The average Bonchev–Trinajstić information content (AvgIpc) is 3.29. The fourth-order valence-electron chi connectivity index (χ4n) is 6.00. The number of nitrogens with two attached hydrogens (primary N) is 5. The van der Waals surface area contributed by atoms with Crippen LogP contribution in [0.5, 0.6) is 0 Å². The smallest absolute Gasteiger partial charge is 0.187 e. The fourth-order valence-corrected chi connectivity index (χ4v) is 6.00. The van der Waals surface area contributed by atoms with E-state index in [0.29, 0.717) is 0 Å². The number of ether oxygens (including phenoxy) is 6. The fraction of sp³-hybridized carbons (Fsp3) is 1.00. The lowest BCUT2D eigenvalue weighted by molar-refractivity contribution is -0.307. The molecule has 0 aromatic rings. The summed E-state index contributed by atoms with van der Waals surface area (Å²) in [5.74, 6) is 0. The molecule has 0 bridgehead atoms. The van der Waals surface area contributed by atoms with E-state index in [1.54, 1.807) is 7.05 Å². The third-order valence-electron chi connectivity index (χ3n) is 8.70. The lowest BCUT2D eigenvalue weighted by atomic mass is 9.83. The second-order valence-corrected chi connectivity index (χ2v) is 11.5. The Hall–Kier alpha value is -0.760. The minimum atomic E-state index is -1.58. The van der Waals surface area contributed by atoms with Crippen LogP contribution in [-0.4, -0.2) is 179 Å². The predicted octanol–water partition coefficient (Wildman–Crippen LogP) is -8.63. The van der Waals surface area contributed by atoms with Crippen molar-refractivity contribution >= 4 is 0 Å². The molecule has 19 atom stereocenters. The van der Waals surface area contributed by atoms with Crippen LogP contribution >= 0.6 is 0 Å². The Morgan fingerprint density at radius 1 is 0.628 bits per heavy atom. The summed E-state index contributed by atoms with van der Waals surface area (Å²) in [6.07, 6.45) is -19.2. The lowest BCUT2D eigenvalue weighted by Gasteiger charge is -2.47. The molecule has 19 heteroatoms. The highest BCUT2D eigenvalue weighted by atomic mass is 16.8. The van der Waals surface area contributed by atoms with Crippen LogP contribution in [0.15, 0.2) is 0 Å². The second kappa shape index (κ2) is 14.8. The molecule has 4 rings (SSSR count). The highest BCUT2D eigenvalue weighted by Crippen LogP contribution is 2.34. The van der Waals surface area contributed by atoms with E-state index in [1.807, 2.05) is 0 Å². The van der Waals surface area contributed by atoms with E-state index in [1.165, 1.54) is 0 Å². The number of hydrogen-bond donors (Lipinski definition) is 13. The van der Waals surface area contributed by atoms with E-state index < -0.39 is 123 Å². The monoisotopic (exact) mass is 628 g/mol. The summed E-state index contributed by atoms with van der Waals surface area (Å²) >= 11 is 0. The molecule has 0 radical (unpaired) electrons. The van der Waals surface area contributed by atoms with E-state index in [-0.39, 0.29) is 19.5 Å². The van der Waals surface area contributed by atoms with E-state index in [2.05, 4.69) is 5.32 Å². The van der Waals surface area contributed by atoms with Gasteiger partial charge in [0.25, 0.3) is 0 Å². The summed E-state index contributed by atoms with van der Waals surface area (Å²) < 4.78 is 35.0. The lowest BCUT2D eigenvalue weighted by Crippen LogP contribution is -2.68. The Morgan fingerprint density at radius 2 is 1.09 bits per heavy atom. The van der Waals surface area contributed by atoms with Crippen LogP contribution in [0.25, 0.3) is 0 Å². The number of hydrogen-bond acceptors (Lipinski definition) is 19. The summed E-state index contributed by atoms with van der Waals surface area (Å²) in [6.45, 7) is -0.936. The molecule has 252 valence electrons. The van der Waals surface area contributed by atoms with Gasteiger partial charge in [0.1, 0.15) is 67.1 Å². The van der Waals surface area contributed by atoms with Crippen LogP contribution in [-0.2, 0) is 28.4 Å². The maximum Gasteiger partial charge on any atom is 0.187 e. The minimum absolute atomic E-state index is 0.145.